The number of hydrogen-bond donors (Lipinski definition) is 1. The van der Waals surface area contributed by atoms with Gasteiger partial charge in [0.15, 0.2) is 0 Å². The Kier molecular flexibility index (Phi) is 18.2. The standard InChI is InChI=1S/C20H41NO3/c1-3-4-5-6-7-10-13-16-21(18-19-22)17-14-11-8-9-12-15-20(23)24-2/h22H,3-19H2,1-2H3. The van der Waals surface area contributed by atoms with Gasteiger partial charge in [0, 0.05) is 13.0 Å². The van der Waals surface area contributed by atoms with Crippen LogP contribution in [0.15, 0.2) is 0 Å². The topological polar surface area (TPSA) is 49.8 Å². The Morgan fingerprint density at radius 1 is 0.792 bits per heavy atom. The van der Waals surface area contributed by atoms with Gasteiger partial charge in [0.2, 0.25) is 0 Å². The largest absolute Gasteiger partial charge is 0.469 e. The molecule has 0 aromatic heterocycles. The molecule has 0 fully saturated rings. The summed E-state index contributed by atoms with van der Waals surface area (Å²) in [6, 6.07) is 0. The van der Waals surface area contributed by atoms with Gasteiger partial charge in [-0.1, -0.05) is 64.7 Å². The van der Waals surface area contributed by atoms with Gasteiger partial charge in [-0.05, 0) is 32.4 Å². The molecule has 0 radical (unpaired) electrons. The maximum atomic E-state index is 11.0. The average molecular weight is 344 g/mol. The zero-order valence-corrected chi connectivity index (χ0v) is 16.2. The van der Waals surface area contributed by atoms with Gasteiger partial charge >= 0.3 is 5.97 Å². The molecule has 1 N–H and O–H groups in total. The maximum Gasteiger partial charge on any atom is 0.305 e. The molecule has 0 saturated carbocycles. The van der Waals surface area contributed by atoms with E-state index in [1.165, 1.54) is 71.3 Å². The number of rotatable bonds is 18. The Balaban J connectivity index is 3.50. The molecule has 4 heteroatoms. The predicted octanol–water partition coefficient (Wildman–Crippen LogP) is 4.54. The zero-order valence-electron chi connectivity index (χ0n) is 16.2. The Labute approximate surface area is 150 Å². The van der Waals surface area contributed by atoms with Crippen LogP contribution in [0.4, 0.5) is 0 Å². The van der Waals surface area contributed by atoms with E-state index in [9.17, 15) is 9.90 Å². The number of nitrogens with zero attached hydrogens (tertiary/aromatic N) is 1. The van der Waals surface area contributed by atoms with Crippen molar-refractivity contribution in [3.8, 4) is 0 Å². The minimum atomic E-state index is -0.0983. The summed E-state index contributed by atoms with van der Waals surface area (Å²) in [4.78, 5) is 13.4. The van der Waals surface area contributed by atoms with E-state index in [-0.39, 0.29) is 12.6 Å². The summed E-state index contributed by atoms with van der Waals surface area (Å²) in [6.45, 7) is 5.53. The Morgan fingerprint density at radius 3 is 1.79 bits per heavy atom. The quantitative estimate of drug-likeness (QED) is 0.293. The fourth-order valence-electron chi connectivity index (χ4n) is 3.01. The van der Waals surface area contributed by atoms with Gasteiger partial charge in [-0.15, -0.1) is 0 Å². The van der Waals surface area contributed by atoms with Crippen LogP contribution in [0.1, 0.15) is 90.4 Å². The molecule has 0 aromatic carbocycles. The minimum absolute atomic E-state index is 0.0983. The van der Waals surface area contributed by atoms with Crippen molar-refractivity contribution in [3.63, 3.8) is 0 Å². The summed E-state index contributed by atoms with van der Waals surface area (Å²) in [5, 5.41) is 9.20. The first kappa shape index (κ1) is 23.4. The number of carbonyl (C=O) groups is 1. The second-order valence-corrected chi connectivity index (χ2v) is 6.78. The van der Waals surface area contributed by atoms with Crippen molar-refractivity contribution in [1.82, 2.24) is 4.90 Å². The number of ether oxygens (including phenoxy) is 1. The van der Waals surface area contributed by atoms with E-state index in [0.29, 0.717) is 6.42 Å². The summed E-state index contributed by atoms with van der Waals surface area (Å²) in [7, 11) is 1.45. The highest BCUT2D eigenvalue weighted by molar-refractivity contribution is 5.68. The smallest absolute Gasteiger partial charge is 0.305 e. The lowest BCUT2D eigenvalue weighted by molar-refractivity contribution is -0.140. The summed E-state index contributed by atoms with van der Waals surface area (Å²) in [5.41, 5.74) is 0. The Bertz CT molecular complexity index is 272. The molecule has 0 amide bonds. The Morgan fingerprint density at radius 2 is 1.29 bits per heavy atom. The minimum Gasteiger partial charge on any atom is -0.469 e. The van der Waals surface area contributed by atoms with Crippen LogP contribution in [0, 0.1) is 0 Å². The van der Waals surface area contributed by atoms with Crippen molar-refractivity contribution >= 4 is 5.97 Å². The van der Waals surface area contributed by atoms with E-state index in [1.54, 1.807) is 0 Å². The fraction of sp³-hybridized carbons (Fsp3) is 0.950. The van der Waals surface area contributed by atoms with Gasteiger partial charge in [-0.3, -0.25) is 4.79 Å². The Hall–Kier alpha value is -0.610. The lowest BCUT2D eigenvalue weighted by Gasteiger charge is -2.21. The number of esters is 1. The highest BCUT2D eigenvalue weighted by Gasteiger charge is 2.04. The average Bonchev–Trinajstić information content (AvgIpc) is 2.59. The lowest BCUT2D eigenvalue weighted by atomic mass is 10.1. The van der Waals surface area contributed by atoms with Gasteiger partial charge in [0.05, 0.1) is 13.7 Å². The second-order valence-electron chi connectivity index (χ2n) is 6.78. The highest BCUT2D eigenvalue weighted by atomic mass is 16.5. The van der Waals surface area contributed by atoms with E-state index in [1.807, 2.05) is 0 Å². The first-order chi connectivity index (χ1) is 11.7. The summed E-state index contributed by atoms with van der Waals surface area (Å²) in [5.74, 6) is -0.0983. The van der Waals surface area contributed by atoms with Crippen molar-refractivity contribution < 1.29 is 14.6 Å². The lowest BCUT2D eigenvalue weighted by Crippen LogP contribution is -2.29. The molecule has 0 saturated heterocycles. The third-order valence-electron chi connectivity index (χ3n) is 4.58. The molecule has 4 nitrogen and oxygen atoms in total. The van der Waals surface area contributed by atoms with Crippen molar-refractivity contribution in [2.24, 2.45) is 0 Å². The van der Waals surface area contributed by atoms with Crippen molar-refractivity contribution in [3.05, 3.63) is 0 Å². The van der Waals surface area contributed by atoms with Crippen LogP contribution in [-0.2, 0) is 9.53 Å². The number of methoxy groups -OCH3 is 1. The molecule has 0 rings (SSSR count). The molecule has 0 aliphatic rings. The van der Waals surface area contributed by atoms with Gasteiger partial charge in [-0.2, -0.15) is 0 Å². The summed E-state index contributed by atoms with van der Waals surface area (Å²) in [6.07, 6.45) is 15.5. The molecular formula is C20H41NO3. The molecule has 0 spiro atoms. The van der Waals surface area contributed by atoms with Crippen molar-refractivity contribution in [2.75, 3.05) is 33.4 Å². The molecule has 144 valence electrons. The van der Waals surface area contributed by atoms with Crippen LogP contribution in [0.5, 0.6) is 0 Å². The SMILES string of the molecule is CCCCCCCCCN(CCO)CCCCCCCC(=O)OC. The number of unbranched alkanes of at least 4 members (excludes halogenated alkanes) is 10. The fourth-order valence-corrected chi connectivity index (χ4v) is 3.01. The molecule has 0 heterocycles. The molecule has 0 unspecified atom stereocenters. The molecule has 0 aromatic rings. The summed E-state index contributed by atoms with van der Waals surface area (Å²) >= 11 is 0. The van der Waals surface area contributed by atoms with Gasteiger partial charge < -0.3 is 14.7 Å². The first-order valence-electron chi connectivity index (χ1n) is 10.1. The third kappa shape index (κ3) is 16.3. The number of carbonyl (C=O) groups excluding carboxylic acids is 1. The molecule has 0 aliphatic heterocycles. The third-order valence-corrected chi connectivity index (χ3v) is 4.58. The van der Waals surface area contributed by atoms with E-state index < -0.39 is 0 Å². The number of aliphatic hydroxyl groups excluding tert-OH is 1. The van der Waals surface area contributed by atoms with Crippen molar-refractivity contribution in [1.29, 1.82) is 0 Å². The number of hydrogen-bond acceptors (Lipinski definition) is 4. The van der Waals surface area contributed by atoms with Gasteiger partial charge in [0.25, 0.3) is 0 Å². The molecule has 24 heavy (non-hydrogen) atoms. The molecule has 0 atom stereocenters. The highest BCUT2D eigenvalue weighted by Crippen LogP contribution is 2.09. The zero-order chi connectivity index (χ0) is 17.9. The van der Waals surface area contributed by atoms with Crippen LogP contribution in [0.2, 0.25) is 0 Å². The van der Waals surface area contributed by atoms with Gasteiger partial charge in [0.1, 0.15) is 0 Å². The van der Waals surface area contributed by atoms with E-state index in [0.717, 1.165) is 32.5 Å². The van der Waals surface area contributed by atoms with E-state index in [4.69, 9.17) is 0 Å². The van der Waals surface area contributed by atoms with Crippen LogP contribution in [0.3, 0.4) is 0 Å². The summed E-state index contributed by atoms with van der Waals surface area (Å²) < 4.78 is 4.64. The van der Waals surface area contributed by atoms with E-state index >= 15 is 0 Å². The predicted molar refractivity (Wildman–Crippen MR) is 101 cm³/mol. The van der Waals surface area contributed by atoms with Gasteiger partial charge in [-0.25, -0.2) is 0 Å². The maximum absolute atomic E-state index is 11.0. The monoisotopic (exact) mass is 343 g/mol. The van der Waals surface area contributed by atoms with Crippen LogP contribution in [0.25, 0.3) is 0 Å². The van der Waals surface area contributed by atoms with Crippen molar-refractivity contribution in [2.45, 2.75) is 90.4 Å². The second kappa shape index (κ2) is 18.7. The molecule has 0 aliphatic carbocycles. The molecule has 0 bridgehead atoms. The molecular weight excluding hydrogens is 302 g/mol. The number of aliphatic hydroxyl groups is 1. The van der Waals surface area contributed by atoms with Crippen LogP contribution >= 0.6 is 0 Å². The van der Waals surface area contributed by atoms with E-state index in [2.05, 4.69) is 16.6 Å². The van der Waals surface area contributed by atoms with Crippen LogP contribution < -0.4 is 0 Å². The normalized spacial score (nSPS) is 11.2. The van der Waals surface area contributed by atoms with Crippen LogP contribution in [-0.4, -0.2) is 49.3 Å². The first-order valence-corrected chi connectivity index (χ1v) is 10.1.